The molecule has 1 fully saturated rings. The normalized spacial score (nSPS) is 22.4. The van der Waals surface area contributed by atoms with Crippen molar-refractivity contribution in [3.8, 4) is 0 Å². The predicted molar refractivity (Wildman–Crippen MR) is 45.4 cm³/mol. The number of hydrogen-bond donors (Lipinski definition) is 1. The third-order valence-electron chi connectivity index (χ3n) is 2.49. The molecule has 1 saturated carbocycles. The van der Waals surface area contributed by atoms with E-state index < -0.39 is 6.17 Å². The zero-order valence-electron chi connectivity index (χ0n) is 7.28. The number of rotatable bonds is 4. The highest BCUT2D eigenvalue weighted by atomic mass is 19.1. The molecule has 0 heterocycles. The summed E-state index contributed by atoms with van der Waals surface area (Å²) in [7, 11) is 1.81. The summed E-state index contributed by atoms with van der Waals surface area (Å²) < 4.78 is 13.0. The van der Waals surface area contributed by atoms with Crippen LogP contribution in [-0.4, -0.2) is 19.8 Å². The fourth-order valence-corrected chi connectivity index (χ4v) is 1.91. The van der Waals surface area contributed by atoms with Gasteiger partial charge in [0.25, 0.3) is 0 Å². The molecular formula is C9H18FN. The molecule has 66 valence electrons. The molecular weight excluding hydrogens is 141 g/mol. The first-order chi connectivity index (χ1) is 5.33. The van der Waals surface area contributed by atoms with Gasteiger partial charge in [-0.15, -0.1) is 0 Å². The van der Waals surface area contributed by atoms with Crippen molar-refractivity contribution < 1.29 is 4.39 Å². The van der Waals surface area contributed by atoms with Crippen LogP contribution in [0.5, 0.6) is 0 Å². The topological polar surface area (TPSA) is 12.0 Å². The van der Waals surface area contributed by atoms with Gasteiger partial charge in [-0.05, 0) is 19.4 Å². The van der Waals surface area contributed by atoms with Gasteiger partial charge >= 0.3 is 0 Å². The minimum atomic E-state index is -0.622. The number of nitrogens with one attached hydrogen (secondary N) is 1. The van der Waals surface area contributed by atoms with Crippen molar-refractivity contribution in [3.63, 3.8) is 0 Å². The Kier molecular flexibility index (Phi) is 3.84. The van der Waals surface area contributed by atoms with Crippen molar-refractivity contribution in [2.75, 3.05) is 13.6 Å². The quantitative estimate of drug-likeness (QED) is 0.662. The van der Waals surface area contributed by atoms with E-state index in [1.54, 1.807) is 7.05 Å². The van der Waals surface area contributed by atoms with Gasteiger partial charge in [-0.1, -0.05) is 25.7 Å². The van der Waals surface area contributed by atoms with Gasteiger partial charge in [0.1, 0.15) is 6.17 Å². The molecule has 0 aromatic carbocycles. The molecule has 0 aliphatic heterocycles. The van der Waals surface area contributed by atoms with Crippen LogP contribution in [0, 0.1) is 5.92 Å². The van der Waals surface area contributed by atoms with E-state index in [4.69, 9.17) is 0 Å². The smallest absolute Gasteiger partial charge is 0.113 e. The SMILES string of the molecule is CNC[C@H](F)CC1CCCC1. The summed E-state index contributed by atoms with van der Waals surface area (Å²) in [5.74, 6) is 0.679. The van der Waals surface area contributed by atoms with Crippen LogP contribution in [0.25, 0.3) is 0 Å². The first kappa shape index (κ1) is 8.98. The van der Waals surface area contributed by atoms with E-state index in [-0.39, 0.29) is 0 Å². The summed E-state index contributed by atoms with van der Waals surface area (Å²) in [5.41, 5.74) is 0. The Bertz CT molecular complexity index is 99.7. The van der Waals surface area contributed by atoms with Crippen LogP contribution in [0.4, 0.5) is 4.39 Å². The van der Waals surface area contributed by atoms with E-state index in [2.05, 4.69) is 5.32 Å². The largest absolute Gasteiger partial charge is 0.317 e. The molecule has 1 atom stereocenters. The molecule has 1 nitrogen and oxygen atoms in total. The van der Waals surface area contributed by atoms with Crippen LogP contribution in [0.2, 0.25) is 0 Å². The highest BCUT2D eigenvalue weighted by Crippen LogP contribution is 2.28. The molecule has 1 aliphatic rings. The van der Waals surface area contributed by atoms with Crippen molar-refractivity contribution in [1.29, 1.82) is 0 Å². The fourth-order valence-electron chi connectivity index (χ4n) is 1.91. The van der Waals surface area contributed by atoms with Gasteiger partial charge in [0, 0.05) is 6.54 Å². The molecule has 0 radical (unpaired) electrons. The highest BCUT2D eigenvalue weighted by molar-refractivity contribution is 4.71. The minimum Gasteiger partial charge on any atom is -0.317 e. The second-order valence-electron chi connectivity index (χ2n) is 3.54. The minimum absolute atomic E-state index is 0.524. The summed E-state index contributed by atoms with van der Waals surface area (Å²) >= 11 is 0. The molecule has 0 unspecified atom stereocenters. The molecule has 1 aliphatic carbocycles. The van der Waals surface area contributed by atoms with Gasteiger partial charge in [-0.2, -0.15) is 0 Å². The number of alkyl halides is 1. The lowest BCUT2D eigenvalue weighted by Gasteiger charge is -2.12. The van der Waals surface area contributed by atoms with E-state index in [1.807, 2.05) is 0 Å². The van der Waals surface area contributed by atoms with Crippen LogP contribution in [0.1, 0.15) is 32.1 Å². The maximum Gasteiger partial charge on any atom is 0.113 e. The summed E-state index contributed by atoms with van der Waals surface area (Å²) in [4.78, 5) is 0. The lowest BCUT2D eigenvalue weighted by atomic mass is 10.0. The summed E-state index contributed by atoms with van der Waals surface area (Å²) in [6.45, 7) is 0.524. The predicted octanol–water partition coefficient (Wildman–Crippen LogP) is 2.12. The Morgan fingerprint density at radius 3 is 2.64 bits per heavy atom. The molecule has 0 amide bonds. The van der Waals surface area contributed by atoms with Crippen LogP contribution in [0.3, 0.4) is 0 Å². The molecule has 0 aromatic heterocycles. The van der Waals surface area contributed by atoms with Gasteiger partial charge in [0.15, 0.2) is 0 Å². The molecule has 0 spiro atoms. The molecule has 2 heteroatoms. The second kappa shape index (κ2) is 4.70. The van der Waals surface area contributed by atoms with Crippen molar-refractivity contribution in [2.24, 2.45) is 5.92 Å². The standard InChI is InChI=1S/C9H18FN/c1-11-7-9(10)6-8-4-2-3-5-8/h8-9,11H,2-7H2,1H3/t9-/m1/s1. The molecule has 0 aromatic rings. The molecule has 0 saturated heterocycles. The van der Waals surface area contributed by atoms with E-state index in [0.29, 0.717) is 12.5 Å². The van der Waals surface area contributed by atoms with Crippen LogP contribution >= 0.6 is 0 Å². The van der Waals surface area contributed by atoms with Crippen LogP contribution < -0.4 is 5.32 Å². The molecule has 1 rings (SSSR count). The van der Waals surface area contributed by atoms with E-state index in [0.717, 1.165) is 6.42 Å². The Balaban J connectivity index is 2.08. The maximum atomic E-state index is 13.0. The lowest BCUT2D eigenvalue weighted by molar-refractivity contribution is 0.264. The average Bonchev–Trinajstić information content (AvgIpc) is 2.40. The Labute approximate surface area is 68.4 Å². The highest BCUT2D eigenvalue weighted by Gasteiger charge is 2.18. The maximum absolute atomic E-state index is 13.0. The third-order valence-corrected chi connectivity index (χ3v) is 2.49. The first-order valence-corrected chi connectivity index (χ1v) is 4.61. The van der Waals surface area contributed by atoms with Gasteiger partial charge in [-0.25, -0.2) is 4.39 Å². The lowest BCUT2D eigenvalue weighted by Crippen LogP contribution is -2.21. The summed E-state index contributed by atoms with van der Waals surface area (Å²) in [5, 5.41) is 2.87. The zero-order chi connectivity index (χ0) is 8.10. The Morgan fingerprint density at radius 1 is 1.45 bits per heavy atom. The van der Waals surface area contributed by atoms with Gasteiger partial charge in [-0.3, -0.25) is 0 Å². The number of hydrogen-bond acceptors (Lipinski definition) is 1. The van der Waals surface area contributed by atoms with Crippen LogP contribution in [-0.2, 0) is 0 Å². The van der Waals surface area contributed by atoms with Crippen molar-refractivity contribution in [3.05, 3.63) is 0 Å². The summed E-state index contributed by atoms with van der Waals surface area (Å²) in [6.07, 6.45) is 5.30. The van der Waals surface area contributed by atoms with Crippen LogP contribution in [0.15, 0.2) is 0 Å². The van der Waals surface area contributed by atoms with E-state index >= 15 is 0 Å². The average molecular weight is 159 g/mol. The monoisotopic (exact) mass is 159 g/mol. The molecule has 1 N–H and O–H groups in total. The van der Waals surface area contributed by atoms with Crippen molar-refractivity contribution in [1.82, 2.24) is 5.32 Å². The zero-order valence-corrected chi connectivity index (χ0v) is 7.28. The van der Waals surface area contributed by atoms with E-state index in [9.17, 15) is 4.39 Å². The molecule has 11 heavy (non-hydrogen) atoms. The second-order valence-corrected chi connectivity index (χ2v) is 3.54. The number of halogens is 1. The van der Waals surface area contributed by atoms with Gasteiger partial charge in [0.2, 0.25) is 0 Å². The van der Waals surface area contributed by atoms with Gasteiger partial charge in [0.05, 0.1) is 0 Å². The van der Waals surface area contributed by atoms with Gasteiger partial charge < -0.3 is 5.32 Å². The van der Waals surface area contributed by atoms with Crippen molar-refractivity contribution >= 4 is 0 Å². The molecule has 0 bridgehead atoms. The fraction of sp³-hybridized carbons (Fsp3) is 1.00. The summed E-state index contributed by atoms with van der Waals surface area (Å²) in [6, 6.07) is 0. The Hall–Kier alpha value is -0.110. The van der Waals surface area contributed by atoms with Crippen molar-refractivity contribution in [2.45, 2.75) is 38.3 Å². The third kappa shape index (κ3) is 3.19. The van der Waals surface area contributed by atoms with E-state index in [1.165, 1.54) is 25.7 Å². The first-order valence-electron chi connectivity index (χ1n) is 4.61. The Morgan fingerprint density at radius 2 is 2.09 bits per heavy atom.